The molecule has 0 heterocycles. The molecule has 0 saturated heterocycles. The van der Waals surface area contributed by atoms with E-state index in [0.29, 0.717) is 0 Å². The monoisotopic (exact) mass is 185 g/mol. The molecule has 64 valence electrons. The summed E-state index contributed by atoms with van der Waals surface area (Å²) in [5.41, 5.74) is 5.63. The Kier molecular flexibility index (Phi) is 2.73. The first-order valence-corrected chi connectivity index (χ1v) is 3.75. The van der Waals surface area contributed by atoms with E-state index in [1.165, 1.54) is 12.1 Å². The number of thiocarbonyl (C=S) groups is 1. The van der Waals surface area contributed by atoms with Crippen LogP contribution >= 0.6 is 12.2 Å². The second kappa shape index (κ2) is 3.60. The standard InChI is InChI=1S/C8H8FNOS/c9-7-5(4-11)2-1-3-6(7)8(10)12/h1-3,11H,4H2,(H2,10,12). The first-order valence-electron chi connectivity index (χ1n) is 3.35. The highest BCUT2D eigenvalue weighted by atomic mass is 32.1. The Morgan fingerprint density at radius 2 is 2.25 bits per heavy atom. The average Bonchev–Trinajstić information content (AvgIpc) is 2.04. The topological polar surface area (TPSA) is 46.2 Å². The van der Waals surface area contributed by atoms with Gasteiger partial charge in [0.15, 0.2) is 0 Å². The molecule has 0 atom stereocenters. The van der Waals surface area contributed by atoms with Crippen LogP contribution in [0.5, 0.6) is 0 Å². The summed E-state index contributed by atoms with van der Waals surface area (Å²) in [4.78, 5) is 0.00259. The molecule has 3 N–H and O–H groups in total. The largest absolute Gasteiger partial charge is 0.392 e. The van der Waals surface area contributed by atoms with E-state index < -0.39 is 5.82 Å². The lowest BCUT2D eigenvalue weighted by molar-refractivity contribution is 0.275. The average molecular weight is 185 g/mol. The van der Waals surface area contributed by atoms with Crippen molar-refractivity contribution in [3.63, 3.8) is 0 Å². The smallest absolute Gasteiger partial charge is 0.138 e. The van der Waals surface area contributed by atoms with Crippen LogP contribution in [0.1, 0.15) is 11.1 Å². The number of aliphatic hydroxyl groups is 1. The van der Waals surface area contributed by atoms with Crippen LogP contribution in [0.4, 0.5) is 4.39 Å². The molecule has 0 unspecified atom stereocenters. The van der Waals surface area contributed by atoms with Crippen LogP contribution in [-0.4, -0.2) is 10.1 Å². The Morgan fingerprint density at radius 1 is 1.58 bits per heavy atom. The van der Waals surface area contributed by atoms with Gasteiger partial charge >= 0.3 is 0 Å². The molecule has 0 aliphatic rings. The number of hydrogen-bond donors (Lipinski definition) is 2. The Hall–Kier alpha value is -1.00. The minimum atomic E-state index is -0.535. The Morgan fingerprint density at radius 3 is 2.75 bits per heavy atom. The van der Waals surface area contributed by atoms with Crippen molar-refractivity contribution < 1.29 is 9.50 Å². The number of benzene rings is 1. The van der Waals surface area contributed by atoms with Crippen molar-refractivity contribution in [2.75, 3.05) is 0 Å². The highest BCUT2D eigenvalue weighted by Gasteiger charge is 2.08. The maximum absolute atomic E-state index is 13.2. The van der Waals surface area contributed by atoms with Crippen LogP contribution in [0.2, 0.25) is 0 Å². The molecule has 0 aliphatic heterocycles. The van der Waals surface area contributed by atoms with Gasteiger partial charge in [0.1, 0.15) is 10.8 Å². The predicted molar refractivity (Wildman–Crippen MR) is 48.2 cm³/mol. The van der Waals surface area contributed by atoms with Crippen molar-refractivity contribution >= 4 is 17.2 Å². The van der Waals surface area contributed by atoms with Crippen LogP contribution < -0.4 is 5.73 Å². The molecule has 1 aromatic carbocycles. The highest BCUT2D eigenvalue weighted by Crippen LogP contribution is 2.12. The molecule has 0 spiro atoms. The SMILES string of the molecule is NC(=S)c1cccc(CO)c1F. The third kappa shape index (κ3) is 1.60. The normalized spacial score (nSPS) is 9.83. The van der Waals surface area contributed by atoms with Crippen molar-refractivity contribution in [2.45, 2.75) is 6.61 Å². The fourth-order valence-corrected chi connectivity index (χ4v) is 1.05. The lowest BCUT2D eigenvalue weighted by atomic mass is 10.1. The molecule has 12 heavy (non-hydrogen) atoms. The van der Waals surface area contributed by atoms with E-state index in [9.17, 15) is 4.39 Å². The van der Waals surface area contributed by atoms with Gasteiger partial charge in [0, 0.05) is 11.1 Å². The van der Waals surface area contributed by atoms with Crippen LogP contribution in [-0.2, 0) is 6.61 Å². The molecule has 4 heteroatoms. The van der Waals surface area contributed by atoms with Gasteiger partial charge in [-0.3, -0.25) is 0 Å². The van der Waals surface area contributed by atoms with Crippen LogP contribution in [0.25, 0.3) is 0 Å². The number of aliphatic hydroxyl groups excluding tert-OH is 1. The number of hydrogen-bond acceptors (Lipinski definition) is 2. The molecule has 0 bridgehead atoms. The van der Waals surface area contributed by atoms with Crippen LogP contribution in [0.15, 0.2) is 18.2 Å². The van der Waals surface area contributed by atoms with E-state index in [4.69, 9.17) is 10.8 Å². The Balaban J connectivity index is 3.23. The van der Waals surface area contributed by atoms with Crippen LogP contribution in [0.3, 0.4) is 0 Å². The lowest BCUT2D eigenvalue weighted by Gasteiger charge is -2.03. The second-order valence-corrected chi connectivity index (χ2v) is 2.74. The zero-order valence-corrected chi connectivity index (χ0v) is 7.07. The molecule has 0 fully saturated rings. The zero-order chi connectivity index (χ0) is 9.14. The third-order valence-corrected chi connectivity index (χ3v) is 1.73. The summed E-state index contributed by atoms with van der Waals surface area (Å²) >= 11 is 4.61. The molecular weight excluding hydrogens is 177 g/mol. The van der Waals surface area contributed by atoms with Gasteiger partial charge in [-0.25, -0.2) is 4.39 Å². The van der Waals surface area contributed by atoms with Gasteiger partial charge in [0.2, 0.25) is 0 Å². The van der Waals surface area contributed by atoms with E-state index in [0.717, 1.165) is 0 Å². The fraction of sp³-hybridized carbons (Fsp3) is 0.125. The molecule has 1 aromatic rings. The molecule has 0 saturated carbocycles. The third-order valence-electron chi connectivity index (χ3n) is 1.51. The minimum Gasteiger partial charge on any atom is -0.392 e. The maximum Gasteiger partial charge on any atom is 0.138 e. The minimum absolute atomic E-state index is 0.00259. The molecule has 0 aromatic heterocycles. The number of halogens is 1. The molecular formula is C8H8FNOS. The van der Waals surface area contributed by atoms with Crippen molar-refractivity contribution in [3.05, 3.63) is 35.1 Å². The second-order valence-electron chi connectivity index (χ2n) is 2.30. The molecule has 1 rings (SSSR count). The summed E-state index contributed by atoms with van der Waals surface area (Å²) in [6.45, 7) is -0.345. The van der Waals surface area contributed by atoms with Gasteiger partial charge in [-0.1, -0.05) is 24.4 Å². The zero-order valence-electron chi connectivity index (χ0n) is 6.25. The van der Waals surface area contributed by atoms with Gasteiger partial charge in [-0.05, 0) is 6.07 Å². The summed E-state index contributed by atoms with van der Waals surface area (Å²) in [5, 5.41) is 8.70. The summed E-state index contributed by atoms with van der Waals surface area (Å²) in [5.74, 6) is -0.535. The van der Waals surface area contributed by atoms with Gasteiger partial charge < -0.3 is 10.8 Å². The van der Waals surface area contributed by atoms with E-state index in [1.807, 2.05) is 0 Å². The number of nitrogens with two attached hydrogens (primary N) is 1. The van der Waals surface area contributed by atoms with Gasteiger partial charge in [-0.2, -0.15) is 0 Å². The van der Waals surface area contributed by atoms with E-state index in [1.54, 1.807) is 6.07 Å². The van der Waals surface area contributed by atoms with Gasteiger partial charge in [0.25, 0.3) is 0 Å². The summed E-state index contributed by atoms with van der Waals surface area (Å²) in [6, 6.07) is 4.57. The molecule has 0 aliphatic carbocycles. The molecule has 0 radical (unpaired) electrons. The van der Waals surface area contributed by atoms with E-state index in [2.05, 4.69) is 12.2 Å². The summed E-state index contributed by atoms with van der Waals surface area (Å²) < 4.78 is 13.2. The van der Waals surface area contributed by atoms with E-state index >= 15 is 0 Å². The summed E-state index contributed by atoms with van der Waals surface area (Å²) in [7, 11) is 0. The first-order chi connectivity index (χ1) is 5.66. The lowest BCUT2D eigenvalue weighted by Crippen LogP contribution is -2.12. The van der Waals surface area contributed by atoms with Crippen molar-refractivity contribution in [1.82, 2.24) is 0 Å². The van der Waals surface area contributed by atoms with Gasteiger partial charge in [0.05, 0.1) is 6.61 Å². The summed E-state index contributed by atoms with van der Waals surface area (Å²) in [6.07, 6.45) is 0. The first kappa shape index (κ1) is 9.09. The maximum atomic E-state index is 13.2. The quantitative estimate of drug-likeness (QED) is 0.674. The van der Waals surface area contributed by atoms with Crippen molar-refractivity contribution in [1.29, 1.82) is 0 Å². The Labute approximate surface area is 74.8 Å². The molecule has 0 amide bonds. The predicted octanol–water partition coefficient (Wildman–Crippen LogP) is 0.952. The van der Waals surface area contributed by atoms with E-state index in [-0.39, 0.29) is 22.7 Å². The fourth-order valence-electron chi connectivity index (χ4n) is 0.892. The molecule has 2 nitrogen and oxygen atoms in total. The number of rotatable bonds is 2. The van der Waals surface area contributed by atoms with Crippen molar-refractivity contribution in [3.8, 4) is 0 Å². The van der Waals surface area contributed by atoms with Crippen LogP contribution in [0, 0.1) is 5.82 Å². The highest BCUT2D eigenvalue weighted by molar-refractivity contribution is 7.80. The Bertz CT molecular complexity index is 314. The van der Waals surface area contributed by atoms with Gasteiger partial charge in [-0.15, -0.1) is 0 Å². The van der Waals surface area contributed by atoms with Crippen molar-refractivity contribution in [2.24, 2.45) is 5.73 Å².